The highest BCUT2D eigenvalue weighted by Crippen LogP contribution is 2.46. The molecule has 0 amide bonds. The van der Waals surface area contributed by atoms with Crippen LogP contribution >= 0.6 is 0 Å². The molecule has 0 saturated heterocycles. The second-order valence-electron chi connectivity index (χ2n) is 15.9. The Kier molecular flexibility index (Phi) is 9.99. The molecule has 0 radical (unpaired) electrons. The Morgan fingerprint density at radius 3 is 1.31 bits per heavy atom. The summed E-state index contributed by atoms with van der Waals surface area (Å²) in [5.74, 6) is 0. The van der Waals surface area contributed by atoms with Crippen LogP contribution in [0.1, 0.15) is 27.8 Å². The van der Waals surface area contributed by atoms with Crippen molar-refractivity contribution in [3.63, 3.8) is 0 Å². The fourth-order valence-corrected chi connectivity index (χ4v) is 9.02. The van der Waals surface area contributed by atoms with Crippen LogP contribution in [0.15, 0.2) is 158 Å². The Hall–Kier alpha value is -8.06. The summed E-state index contributed by atoms with van der Waals surface area (Å²) in [7, 11) is 0. The number of hydrogen-bond donors (Lipinski definition) is 0. The molecule has 10 aromatic rings. The molecule has 0 fully saturated rings. The number of hydrogen-bond acceptors (Lipinski definition) is 2. The smallest absolute Gasteiger partial charge is 0.309 e. The Morgan fingerprint density at radius 2 is 0.838 bits per heavy atom. The molecule has 16 heteroatoms. The summed E-state index contributed by atoms with van der Waals surface area (Å²) in [5.41, 5.74) is -2.28. The molecule has 0 N–H and O–H groups in total. The van der Waals surface area contributed by atoms with E-state index >= 15 is 0 Å². The summed E-state index contributed by atoms with van der Waals surface area (Å²) in [6, 6.07) is 34.7. The third-order valence-corrected chi connectivity index (χ3v) is 12.0. The molecular weight excluding hydrogens is 909 g/mol. The number of benzene rings is 7. The Balaban J connectivity index is 1.18. The first-order valence-corrected chi connectivity index (χ1v) is 20.4. The Morgan fingerprint density at radius 1 is 0.397 bits per heavy atom. The van der Waals surface area contributed by atoms with Gasteiger partial charge in [-0.2, -0.15) is 57.9 Å². The second kappa shape index (κ2) is 15.5. The molecular formula is C52H26F12N4. The molecule has 10 rings (SSSR count). The van der Waals surface area contributed by atoms with Gasteiger partial charge in [0.25, 0.3) is 0 Å². The van der Waals surface area contributed by atoms with Crippen LogP contribution in [0, 0.1) is 11.3 Å². The lowest BCUT2D eigenvalue weighted by Gasteiger charge is -2.19. The number of para-hydroxylation sites is 2. The molecule has 0 aliphatic rings. The van der Waals surface area contributed by atoms with Crippen LogP contribution in [-0.2, 0) is 24.7 Å². The predicted molar refractivity (Wildman–Crippen MR) is 234 cm³/mol. The molecule has 4 nitrogen and oxygen atoms in total. The average Bonchev–Trinajstić information content (AvgIpc) is 3.82. The standard InChI is InChI=1S/C52H26F12N4/c53-49(54,55)31-12-15-33(41(24-31)51(59,60)61)29-10-17-45-39(22-29)35-5-1-3-7-43(35)67(45)47-21-28(26-65)9-14-37(47)38-19-20-66-27-48(38)68-44-8-4-2-6-36(44)40-23-30(11-18-46(40)68)34-16-13-32(50(56,57)58)25-42(34)52(62,63)64/h1-25,27H. The van der Waals surface area contributed by atoms with Gasteiger partial charge in [0.15, 0.2) is 0 Å². The first-order valence-electron chi connectivity index (χ1n) is 20.4. The van der Waals surface area contributed by atoms with Crippen molar-refractivity contribution < 1.29 is 52.7 Å². The van der Waals surface area contributed by atoms with Crippen molar-refractivity contribution in [1.82, 2.24) is 14.1 Å². The first kappa shape index (κ1) is 43.8. The summed E-state index contributed by atoms with van der Waals surface area (Å²) in [4.78, 5) is 4.44. The van der Waals surface area contributed by atoms with Gasteiger partial charge in [-0.1, -0.05) is 66.7 Å². The lowest BCUT2D eigenvalue weighted by Crippen LogP contribution is -2.12. The number of aromatic nitrogens is 3. The van der Waals surface area contributed by atoms with Crippen LogP contribution in [0.5, 0.6) is 0 Å². The van der Waals surface area contributed by atoms with Crippen molar-refractivity contribution in [2.24, 2.45) is 0 Å². The molecule has 338 valence electrons. The van der Waals surface area contributed by atoms with Crippen LogP contribution in [0.25, 0.3) is 88.4 Å². The summed E-state index contributed by atoms with van der Waals surface area (Å²) in [6.07, 6.45) is -17.2. The molecule has 0 unspecified atom stereocenters. The van der Waals surface area contributed by atoms with Crippen molar-refractivity contribution in [2.45, 2.75) is 24.7 Å². The lowest BCUT2D eigenvalue weighted by molar-refractivity contribution is -0.144. The van der Waals surface area contributed by atoms with Gasteiger partial charge < -0.3 is 9.13 Å². The highest BCUT2D eigenvalue weighted by atomic mass is 19.4. The number of alkyl halides is 12. The van der Waals surface area contributed by atoms with Gasteiger partial charge in [0, 0.05) is 38.9 Å². The second-order valence-corrected chi connectivity index (χ2v) is 15.9. The topological polar surface area (TPSA) is 46.5 Å². The van der Waals surface area contributed by atoms with Gasteiger partial charge in [0.1, 0.15) is 0 Å². The first-order chi connectivity index (χ1) is 32.2. The van der Waals surface area contributed by atoms with E-state index in [0.29, 0.717) is 78.2 Å². The normalized spacial score (nSPS) is 12.7. The number of pyridine rings is 1. The van der Waals surface area contributed by atoms with E-state index in [1.54, 1.807) is 91.1 Å². The predicted octanol–water partition coefficient (Wildman–Crippen LogP) is 16.2. The van der Waals surface area contributed by atoms with E-state index in [-0.39, 0.29) is 28.8 Å². The van der Waals surface area contributed by atoms with Crippen molar-refractivity contribution in [3.05, 3.63) is 186 Å². The number of halogens is 12. The molecule has 68 heavy (non-hydrogen) atoms. The molecule has 0 aliphatic heterocycles. The van der Waals surface area contributed by atoms with Crippen LogP contribution in [0.3, 0.4) is 0 Å². The van der Waals surface area contributed by atoms with E-state index in [9.17, 15) is 57.9 Å². The lowest BCUT2D eigenvalue weighted by atomic mass is 9.95. The van der Waals surface area contributed by atoms with Gasteiger partial charge in [-0.25, -0.2) is 0 Å². The molecule has 0 saturated carbocycles. The van der Waals surface area contributed by atoms with Gasteiger partial charge >= 0.3 is 24.7 Å². The number of rotatable bonds is 5. The number of nitriles is 1. The molecule has 0 aliphatic carbocycles. The van der Waals surface area contributed by atoms with Crippen molar-refractivity contribution in [1.29, 1.82) is 5.26 Å². The fourth-order valence-electron chi connectivity index (χ4n) is 9.02. The van der Waals surface area contributed by atoms with E-state index in [1.165, 1.54) is 30.5 Å². The SMILES string of the molecule is N#Cc1ccc(-c2ccncc2-n2c3ccccc3c3cc(-c4ccc(C(F)(F)F)cc4C(F)(F)F)ccc32)c(-n2c3ccccc3c3cc(-c4ccc(C(F)(F)F)cc4C(F)(F)F)ccc32)c1. The molecule has 7 aromatic carbocycles. The molecule has 0 spiro atoms. The number of fused-ring (bicyclic) bond motifs is 6. The van der Waals surface area contributed by atoms with E-state index in [0.717, 1.165) is 12.1 Å². The van der Waals surface area contributed by atoms with E-state index < -0.39 is 58.1 Å². The van der Waals surface area contributed by atoms with Gasteiger partial charge in [-0.15, -0.1) is 0 Å². The summed E-state index contributed by atoms with van der Waals surface area (Å²) in [6.45, 7) is 0. The van der Waals surface area contributed by atoms with E-state index in [1.807, 2.05) is 9.13 Å². The highest BCUT2D eigenvalue weighted by molar-refractivity contribution is 6.13. The van der Waals surface area contributed by atoms with Crippen molar-refractivity contribution in [3.8, 4) is 50.8 Å². The highest BCUT2D eigenvalue weighted by Gasteiger charge is 2.40. The zero-order valence-corrected chi connectivity index (χ0v) is 34.3. The molecule has 3 heterocycles. The zero-order valence-electron chi connectivity index (χ0n) is 34.3. The fraction of sp³-hybridized carbons (Fsp3) is 0.0769. The monoisotopic (exact) mass is 934 g/mol. The number of nitrogens with zero attached hydrogens (tertiary/aromatic N) is 4. The maximum absolute atomic E-state index is 14.4. The molecule has 0 atom stereocenters. The Labute approximate surface area is 376 Å². The molecule has 3 aromatic heterocycles. The van der Waals surface area contributed by atoms with Crippen molar-refractivity contribution in [2.75, 3.05) is 0 Å². The molecule has 0 bridgehead atoms. The van der Waals surface area contributed by atoms with E-state index in [4.69, 9.17) is 0 Å². The van der Waals surface area contributed by atoms with Gasteiger partial charge in [-0.3, -0.25) is 4.98 Å². The Bertz CT molecular complexity index is 3710. The summed E-state index contributed by atoms with van der Waals surface area (Å²) in [5, 5.41) is 12.3. The minimum atomic E-state index is -5.13. The quantitative estimate of drug-likeness (QED) is 0.161. The van der Waals surface area contributed by atoms with Gasteiger partial charge in [0.2, 0.25) is 0 Å². The largest absolute Gasteiger partial charge is 0.417 e. The maximum atomic E-state index is 14.4. The summed E-state index contributed by atoms with van der Waals surface area (Å²) >= 11 is 0. The van der Waals surface area contributed by atoms with Gasteiger partial charge in [0.05, 0.1) is 73.5 Å². The van der Waals surface area contributed by atoms with Crippen LogP contribution in [0.4, 0.5) is 52.7 Å². The third kappa shape index (κ3) is 7.34. The van der Waals surface area contributed by atoms with Gasteiger partial charge in [-0.05, 0) is 101 Å². The van der Waals surface area contributed by atoms with Crippen LogP contribution in [0.2, 0.25) is 0 Å². The maximum Gasteiger partial charge on any atom is 0.417 e. The van der Waals surface area contributed by atoms with Crippen LogP contribution in [-0.4, -0.2) is 14.1 Å². The third-order valence-electron chi connectivity index (χ3n) is 12.0. The average molecular weight is 935 g/mol. The zero-order chi connectivity index (χ0) is 48.1. The van der Waals surface area contributed by atoms with Crippen molar-refractivity contribution >= 4 is 43.6 Å². The summed E-state index contributed by atoms with van der Waals surface area (Å²) < 4.78 is 171. The minimum Gasteiger partial charge on any atom is -0.309 e. The van der Waals surface area contributed by atoms with E-state index in [2.05, 4.69) is 11.1 Å². The minimum absolute atomic E-state index is 0.00588. The van der Waals surface area contributed by atoms with Crippen LogP contribution < -0.4 is 0 Å².